The van der Waals surface area contributed by atoms with E-state index in [9.17, 15) is 0 Å². The Morgan fingerprint density at radius 3 is 3.00 bits per heavy atom. The molecule has 0 aromatic heterocycles. The standard InChI is InChI=1S/C12H26N2O2/c1-16-10-12(3-2-6-13)14-7-4-11(9-14)5-8-15/h11-12,15H,2-10,13H2,1H3. The fourth-order valence-electron chi connectivity index (χ4n) is 2.53. The van der Waals surface area contributed by atoms with Crippen molar-refractivity contribution < 1.29 is 9.84 Å². The van der Waals surface area contributed by atoms with Crippen LogP contribution in [0.15, 0.2) is 0 Å². The van der Waals surface area contributed by atoms with Gasteiger partial charge in [-0.1, -0.05) is 0 Å². The molecule has 1 saturated heterocycles. The molecular weight excluding hydrogens is 204 g/mol. The summed E-state index contributed by atoms with van der Waals surface area (Å²) >= 11 is 0. The largest absolute Gasteiger partial charge is 0.396 e. The summed E-state index contributed by atoms with van der Waals surface area (Å²) in [6.07, 6.45) is 4.34. The average Bonchev–Trinajstić information content (AvgIpc) is 2.73. The molecule has 1 aliphatic rings. The van der Waals surface area contributed by atoms with Gasteiger partial charge < -0.3 is 15.6 Å². The lowest BCUT2D eigenvalue weighted by Gasteiger charge is -2.27. The summed E-state index contributed by atoms with van der Waals surface area (Å²) in [5, 5.41) is 8.94. The Bertz CT molecular complexity index is 178. The minimum Gasteiger partial charge on any atom is -0.396 e. The second kappa shape index (κ2) is 8.01. The monoisotopic (exact) mass is 230 g/mol. The number of nitrogens with zero attached hydrogens (tertiary/aromatic N) is 1. The lowest BCUT2D eigenvalue weighted by molar-refractivity contribution is 0.0958. The molecule has 0 saturated carbocycles. The number of nitrogens with two attached hydrogens (primary N) is 1. The lowest BCUT2D eigenvalue weighted by atomic mass is 10.1. The zero-order chi connectivity index (χ0) is 11.8. The maximum absolute atomic E-state index is 8.94. The van der Waals surface area contributed by atoms with E-state index >= 15 is 0 Å². The minimum atomic E-state index is 0.316. The molecule has 4 nitrogen and oxygen atoms in total. The van der Waals surface area contributed by atoms with Gasteiger partial charge in [0.25, 0.3) is 0 Å². The van der Waals surface area contributed by atoms with Crippen molar-refractivity contribution >= 4 is 0 Å². The van der Waals surface area contributed by atoms with Crippen LogP contribution in [0.5, 0.6) is 0 Å². The molecule has 0 aliphatic carbocycles. The van der Waals surface area contributed by atoms with Gasteiger partial charge in [0.1, 0.15) is 0 Å². The van der Waals surface area contributed by atoms with Crippen LogP contribution in [-0.2, 0) is 4.74 Å². The molecule has 1 fully saturated rings. The van der Waals surface area contributed by atoms with Gasteiger partial charge in [0.15, 0.2) is 0 Å². The van der Waals surface area contributed by atoms with Crippen molar-refractivity contribution in [2.45, 2.75) is 31.7 Å². The molecule has 1 aliphatic heterocycles. The summed E-state index contributed by atoms with van der Waals surface area (Å²) < 4.78 is 5.28. The first-order valence-corrected chi connectivity index (χ1v) is 6.35. The number of aliphatic hydroxyl groups excluding tert-OH is 1. The van der Waals surface area contributed by atoms with E-state index in [1.54, 1.807) is 7.11 Å². The highest BCUT2D eigenvalue weighted by atomic mass is 16.5. The van der Waals surface area contributed by atoms with Gasteiger partial charge in [0.05, 0.1) is 6.61 Å². The zero-order valence-corrected chi connectivity index (χ0v) is 10.4. The molecule has 0 aromatic rings. The molecule has 0 radical (unpaired) electrons. The van der Waals surface area contributed by atoms with Crippen molar-refractivity contribution in [2.24, 2.45) is 11.7 Å². The number of rotatable bonds is 8. The van der Waals surface area contributed by atoms with Crippen molar-refractivity contribution in [3.63, 3.8) is 0 Å². The molecule has 1 rings (SSSR count). The number of hydrogen-bond donors (Lipinski definition) is 2. The number of hydrogen-bond acceptors (Lipinski definition) is 4. The Morgan fingerprint density at radius 1 is 1.56 bits per heavy atom. The van der Waals surface area contributed by atoms with E-state index in [-0.39, 0.29) is 0 Å². The number of ether oxygens (including phenoxy) is 1. The van der Waals surface area contributed by atoms with Crippen LogP contribution in [0.2, 0.25) is 0 Å². The van der Waals surface area contributed by atoms with Gasteiger partial charge in [-0.3, -0.25) is 4.90 Å². The molecule has 3 N–H and O–H groups in total. The number of likely N-dealkylation sites (tertiary alicyclic amines) is 1. The van der Waals surface area contributed by atoms with Crippen LogP contribution < -0.4 is 5.73 Å². The molecule has 96 valence electrons. The van der Waals surface area contributed by atoms with Gasteiger partial charge in [-0.15, -0.1) is 0 Å². The van der Waals surface area contributed by atoms with Crippen molar-refractivity contribution in [1.29, 1.82) is 0 Å². The SMILES string of the molecule is COCC(CCCN)N1CCC(CCO)C1. The molecular formula is C12H26N2O2. The molecule has 16 heavy (non-hydrogen) atoms. The van der Waals surface area contributed by atoms with Crippen LogP contribution in [0.3, 0.4) is 0 Å². The third kappa shape index (κ3) is 4.37. The maximum Gasteiger partial charge on any atom is 0.0618 e. The fraction of sp³-hybridized carbons (Fsp3) is 1.00. The van der Waals surface area contributed by atoms with E-state index in [0.29, 0.717) is 18.6 Å². The van der Waals surface area contributed by atoms with Gasteiger partial charge >= 0.3 is 0 Å². The Morgan fingerprint density at radius 2 is 2.38 bits per heavy atom. The molecule has 0 amide bonds. The molecule has 0 bridgehead atoms. The molecule has 2 unspecified atom stereocenters. The van der Waals surface area contributed by atoms with Crippen LogP contribution >= 0.6 is 0 Å². The van der Waals surface area contributed by atoms with Crippen LogP contribution in [-0.4, -0.2) is 56.0 Å². The number of aliphatic hydroxyl groups is 1. The Kier molecular flexibility index (Phi) is 6.96. The molecule has 2 atom stereocenters. The van der Waals surface area contributed by atoms with Crippen LogP contribution in [0, 0.1) is 5.92 Å². The highest BCUT2D eigenvalue weighted by molar-refractivity contribution is 4.81. The third-order valence-corrected chi connectivity index (χ3v) is 3.47. The lowest BCUT2D eigenvalue weighted by Crippen LogP contribution is -2.37. The van der Waals surface area contributed by atoms with E-state index in [1.807, 2.05) is 0 Å². The van der Waals surface area contributed by atoms with E-state index in [4.69, 9.17) is 15.6 Å². The Hall–Kier alpha value is -0.160. The maximum atomic E-state index is 8.94. The summed E-state index contributed by atoms with van der Waals surface area (Å²) in [6, 6.07) is 0.511. The second-order valence-electron chi connectivity index (χ2n) is 4.70. The minimum absolute atomic E-state index is 0.316. The molecule has 0 spiro atoms. The van der Waals surface area contributed by atoms with E-state index < -0.39 is 0 Å². The van der Waals surface area contributed by atoms with Crippen LogP contribution in [0.1, 0.15) is 25.7 Å². The van der Waals surface area contributed by atoms with Gasteiger partial charge in [-0.05, 0) is 44.7 Å². The van der Waals surface area contributed by atoms with E-state index in [0.717, 1.165) is 45.5 Å². The third-order valence-electron chi connectivity index (χ3n) is 3.47. The van der Waals surface area contributed by atoms with Gasteiger partial charge in [0.2, 0.25) is 0 Å². The number of methoxy groups -OCH3 is 1. The first kappa shape index (κ1) is 13.9. The predicted molar refractivity (Wildman–Crippen MR) is 65.3 cm³/mol. The first-order valence-electron chi connectivity index (χ1n) is 6.35. The Balaban J connectivity index is 2.33. The zero-order valence-electron chi connectivity index (χ0n) is 10.4. The van der Waals surface area contributed by atoms with Crippen molar-refractivity contribution in [1.82, 2.24) is 4.90 Å². The highest BCUT2D eigenvalue weighted by Crippen LogP contribution is 2.22. The summed E-state index contributed by atoms with van der Waals surface area (Å²) in [6.45, 7) is 4.12. The summed E-state index contributed by atoms with van der Waals surface area (Å²) in [7, 11) is 1.76. The Labute approximate surface area is 98.8 Å². The smallest absolute Gasteiger partial charge is 0.0618 e. The van der Waals surface area contributed by atoms with Gasteiger partial charge in [0, 0.05) is 26.3 Å². The molecule has 0 aromatic carbocycles. The average molecular weight is 230 g/mol. The topological polar surface area (TPSA) is 58.7 Å². The summed E-state index contributed by atoms with van der Waals surface area (Å²) in [5.41, 5.74) is 5.55. The predicted octanol–water partition coefficient (Wildman–Crippen LogP) is 0.445. The summed E-state index contributed by atoms with van der Waals surface area (Å²) in [5.74, 6) is 0.669. The van der Waals surface area contributed by atoms with E-state index in [2.05, 4.69) is 4.90 Å². The van der Waals surface area contributed by atoms with Crippen LogP contribution in [0.4, 0.5) is 0 Å². The molecule has 4 heteroatoms. The quantitative estimate of drug-likeness (QED) is 0.635. The second-order valence-corrected chi connectivity index (χ2v) is 4.70. The van der Waals surface area contributed by atoms with Gasteiger partial charge in [-0.25, -0.2) is 0 Å². The fourth-order valence-corrected chi connectivity index (χ4v) is 2.53. The van der Waals surface area contributed by atoms with Crippen LogP contribution in [0.25, 0.3) is 0 Å². The highest BCUT2D eigenvalue weighted by Gasteiger charge is 2.27. The van der Waals surface area contributed by atoms with Crippen molar-refractivity contribution in [3.05, 3.63) is 0 Å². The van der Waals surface area contributed by atoms with Gasteiger partial charge in [-0.2, -0.15) is 0 Å². The molecule has 1 heterocycles. The van der Waals surface area contributed by atoms with Crippen molar-refractivity contribution in [2.75, 3.05) is 40.0 Å². The normalized spacial score (nSPS) is 23.8. The first-order chi connectivity index (χ1) is 7.81. The summed E-state index contributed by atoms with van der Waals surface area (Å²) in [4.78, 5) is 2.50. The van der Waals surface area contributed by atoms with E-state index in [1.165, 1.54) is 6.42 Å². The van der Waals surface area contributed by atoms with Crippen molar-refractivity contribution in [3.8, 4) is 0 Å².